The molecule has 178 valence electrons. The first-order chi connectivity index (χ1) is 16.6. The summed E-state index contributed by atoms with van der Waals surface area (Å²) in [5.41, 5.74) is 3.67. The lowest BCUT2D eigenvalue weighted by Gasteiger charge is -2.49. The molecule has 0 aliphatic carbocycles. The van der Waals surface area contributed by atoms with Crippen LogP contribution in [0.3, 0.4) is 0 Å². The van der Waals surface area contributed by atoms with Crippen molar-refractivity contribution in [3.05, 3.63) is 59.7 Å². The molecule has 6 heteroatoms. The summed E-state index contributed by atoms with van der Waals surface area (Å²) < 4.78 is 6.40. The zero-order valence-corrected chi connectivity index (χ0v) is 19.9. The zero-order valence-electron chi connectivity index (χ0n) is 19.9. The van der Waals surface area contributed by atoms with Crippen molar-refractivity contribution in [3.8, 4) is 17.0 Å². The quantitative estimate of drug-likeness (QED) is 0.514. The Hall–Kier alpha value is -2.96. The van der Waals surface area contributed by atoms with E-state index in [1.807, 2.05) is 48.5 Å². The number of ether oxygens (including phenoxy) is 1. The number of carbonyl (C=O) groups is 1. The summed E-state index contributed by atoms with van der Waals surface area (Å²) in [5, 5.41) is 14.7. The van der Waals surface area contributed by atoms with Crippen LogP contribution >= 0.6 is 0 Å². The minimum atomic E-state index is -0.884. The fourth-order valence-corrected chi connectivity index (χ4v) is 6.11. The predicted molar refractivity (Wildman–Crippen MR) is 134 cm³/mol. The third-order valence-corrected chi connectivity index (χ3v) is 7.82. The molecule has 1 aromatic heterocycles. The van der Waals surface area contributed by atoms with Crippen LogP contribution in [0.15, 0.2) is 48.5 Å². The molecular weight excluding hydrogens is 426 g/mol. The highest BCUT2D eigenvalue weighted by Gasteiger charge is 2.41. The van der Waals surface area contributed by atoms with Crippen molar-refractivity contribution in [1.82, 2.24) is 10.3 Å². The highest BCUT2D eigenvalue weighted by atomic mass is 16.5. The van der Waals surface area contributed by atoms with Gasteiger partial charge in [0.05, 0.1) is 43.0 Å². The molecule has 0 unspecified atom stereocenters. The molecule has 2 aliphatic heterocycles. The van der Waals surface area contributed by atoms with Crippen LogP contribution in [0.4, 0.5) is 0 Å². The van der Waals surface area contributed by atoms with E-state index in [0.717, 1.165) is 60.3 Å². The lowest BCUT2D eigenvalue weighted by atomic mass is 9.91. The number of rotatable bonds is 6. The second kappa shape index (κ2) is 9.72. The van der Waals surface area contributed by atoms with Gasteiger partial charge in [-0.3, -0.25) is 0 Å². The number of aromatic nitrogens is 1. The fraction of sp³-hybridized carbons (Fsp3) is 0.429. The number of quaternary nitrogens is 1. The molecule has 34 heavy (non-hydrogen) atoms. The molecule has 2 aliphatic rings. The van der Waals surface area contributed by atoms with Crippen molar-refractivity contribution in [1.29, 1.82) is 0 Å². The van der Waals surface area contributed by atoms with Crippen molar-refractivity contribution in [2.75, 3.05) is 33.3 Å². The molecule has 0 amide bonds. The van der Waals surface area contributed by atoms with E-state index in [0.29, 0.717) is 34.8 Å². The number of fused-ring (bicyclic) bond motifs is 1. The standard InChI is InChI=1S/C28H33N3O3/c1-34-22-10-11-23-25(18-22)30-27(20-8-4-2-5-9-20)24(26(23)28(32)33)19-31(16-6-3-7-17-31)21-12-14-29-15-13-21/h2,4-5,8-11,18,21,29H,3,6-7,12-17,19H2,1H3/p+1. The lowest BCUT2D eigenvalue weighted by molar-refractivity contribution is -0.968. The van der Waals surface area contributed by atoms with E-state index in [4.69, 9.17) is 9.72 Å². The maximum atomic E-state index is 12.8. The van der Waals surface area contributed by atoms with Crippen molar-refractivity contribution in [3.63, 3.8) is 0 Å². The van der Waals surface area contributed by atoms with Crippen molar-refractivity contribution >= 4 is 16.9 Å². The Morgan fingerprint density at radius 1 is 1.09 bits per heavy atom. The smallest absolute Gasteiger partial charge is 0.336 e. The first-order valence-electron chi connectivity index (χ1n) is 12.5. The van der Waals surface area contributed by atoms with Crippen LogP contribution in [0.25, 0.3) is 22.2 Å². The summed E-state index contributed by atoms with van der Waals surface area (Å²) in [7, 11) is 1.62. The number of benzene rings is 2. The number of pyridine rings is 1. The third-order valence-electron chi connectivity index (χ3n) is 7.82. The average Bonchev–Trinajstić information content (AvgIpc) is 2.89. The van der Waals surface area contributed by atoms with Gasteiger partial charge in [-0.15, -0.1) is 0 Å². The molecule has 3 heterocycles. The summed E-state index contributed by atoms with van der Waals surface area (Å²) >= 11 is 0. The number of carboxylic acids is 1. The molecule has 2 aromatic carbocycles. The van der Waals surface area contributed by atoms with Gasteiger partial charge in [-0.1, -0.05) is 30.3 Å². The Morgan fingerprint density at radius 3 is 2.50 bits per heavy atom. The highest BCUT2D eigenvalue weighted by molar-refractivity contribution is 6.06. The van der Waals surface area contributed by atoms with Gasteiger partial charge in [0.1, 0.15) is 12.3 Å². The number of piperidine rings is 2. The number of carboxylic acid groups (broad SMARTS) is 1. The van der Waals surface area contributed by atoms with Crippen LogP contribution in [0.1, 0.15) is 48.0 Å². The Morgan fingerprint density at radius 2 is 1.82 bits per heavy atom. The second-order valence-electron chi connectivity index (χ2n) is 9.73. The number of hydrogen-bond acceptors (Lipinski definition) is 4. The Kier molecular flexibility index (Phi) is 6.53. The van der Waals surface area contributed by atoms with Crippen molar-refractivity contribution in [2.24, 2.45) is 0 Å². The molecule has 0 spiro atoms. The monoisotopic (exact) mass is 460 g/mol. The van der Waals surface area contributed by atoms with Gasteiger partial charge in [0.15, 0.2) is 0 Å². The summed E-state index contributed by atoms with van der Waals surface area (Å²) in [5.74, 6) is -0.206. The molecular formula is C28H34N3O3+. The van der Waals surface area contributed by atoms with E-state index in [2.05, 4.69) is 5.32 Å². The van der Waals surface area contributed by atoms with Gasteiger partial charge in [-0.25, -0.2) is 9.78 Å². The van der Waals surface area contributed by atoms with Gasteiger partial charge in [-0.05, 0) is 31.4 Å². The van der Waals surface area contributed by atoms with E-state index in [1.165, 1.54) is 19.3 Å². The van der Waals surface area contributed by atoms with E-state index < -0.39 is 5.97 Å². The molecule has 3 aromatic rings. The topological polar surface area (TPSA) is 71.5 Å². The van der Waals surface area contributed by atoms with Gasteiger partial charge in [0.2, 0.25) is 0 Å². The zero-order chi connectivity index (χ0) is 23.5. The molecule has 2 fully saturated rings. The molecule has 6 nitrogen and oxygen atoms in total. The minimum Gasteiger partial charge on any atom is -0.497 e. The Bertz CT molecular complexity index is 1170. The number of methoxy groups -OCH3 is 1. The predicted octanol–water partition coefficient (Wildman–Crippen LogP) is 4.86. The van der Waals surface area contributed by atoms with Gasteiger partial charge in [-0.2, -0.15) is 0 Å². The summed E-state index contributed by atoms with van der Waals surface area (Å²) in [4.78, 5) is 17.9. The van der Waals surface area contributed by atoms with Gasteiger partial charge in [0.25, 0.3) is 0 Å². The molecule has 0 bridgehead atoms. The molecule has 2 saturated heterocycles. The number of likely N-dealkylation sites (tertiary alicyclic amines) is 1. The van der Waals surface area contributed by atoms with Crippen LogP contribution in [0, 0.1) is 0 Å². The van der Waals surface area contributed by atoms with Crippen LogP contribution in [-0.2, 0) is 6.54 Å². The second-order valence-corrected chi connectivity index (χ2v) is 9.73. The van der Waals surface area contributed by atoms with E-state index >= 15 is 0 Å². The summed E-state index contributed by atoms with van der Waals surface area (Å²) in [6.07, 6.45) is 5.94. The maximum absolute atomic E-state index is 12.8. The largest absolute Gasteiger partial charge is 0.497 e. The average molecular weight is 461 g/mol. The summed E-state index contributed by atoms with van der Waals surface area (Å²) in [6, 6.07) is 16.1. The van der Waals surface area contributed by atoms with Gasteiger partial charge >= 0.3 is 5.97 Å². The SMILES string of the molecule is COc1ccc2c(C(=O)O)c(C[N+]3(C4CCNCC4)CCCCC3)c(-c3ccccc3)nc2c1. The van der Waals surface area contributed by atoms with Crippen molar-refractivity contribution in [2.45, 2.75) is 44.7 Å². The molecule has 5 rings (SSSR count). The van der Waals surface area contributed by atoms with Crippen molar-refractivity contribution < 1.29 is 19.1 Å². The molecule has 2 N–H and O–H groups in total. The minimum absolute atomic E-state index is 0.392. The van der Waals surface area contributed by atoms with Crippen LogP contribution in [0.5, 0.6) is 5.75 Å². The van der Waals surface area contributed by atoms with Gasteiger partial charge < -0.3 is 19.6 Å². The van der Waals surface area contributed by atoms with E-state index in [9.17, 15) is 9.90 Å². The van der Waals surface area contributed by atoms with E-state index in [1.54, 1.807) is 7.11 Å². The summed E-state index contributed by atoms with van der Waals surface area (Å²) in [6.45, 7) is 5.01. The first kappa shape index (κ1) is 22.8. The first-order valence-corrected chi connectivity index (χ1v) is 12.5. The van der Waals surface area contributed by atoms with E-state index in [-0.39, 0.29) is 0 Å². The van der Waals surface area contributed by atoms with Crippen LogP contribution in [-0.4, -0.2) is 59.9 Å². The fourth-order valence-electron chi connectivity index (χ4n) is 6.11. The Balaban J connectivity index is 1.73. The molecule has 0 saturated carbocycles. The Labute approximate surface area is 201 Å². The number of aromatic carboxylic acids is 1. The third kappa shape index (κ3) is 4.28. The molecule has 0 atom stereocenters. The number of nitrogens with one attached hydrogen (secondary N) is 1. The highest BCUT2D eigenvalue weighted by Crippen LogP contribution is 2.37. The lowest BCUT2D eigenvalue weighted by Crippen LogP contribution is -2.60. The normalized spacial score (nSPS) is 18.6. The maximum Gasteiger partial charge on any atom is 0.336 e. The number of hydrogen-bond donors (Lipinski definition) is 2. The molecule has 0 radical (unpaired) electrons. The van der Waals surface area contributed by atoms with Gasteiger partial charge in [0, 0.05) is 48.5 Å². The number of nitrogens with zero attached hydrogens (tertiary/aromatic N) is 2. The van der Waals surface area contributed by atoms with Crippen LogP contribution < -0.4 is 10.1 Å². The van der Waals surface area contributed by atoms with Crippen LogP contribution in [0.2, 0.25) is 0 Å².